The van der Waals surface area contributed by atoms with Crippen molar-refractivity contribution in [1.82, 2.24) is 9.47 Å². The Bertz CT molecular complexity index is 457. The van der Waals surface area contributed by atoms with Crippen LogP contribution in [0.5, 0.6) is 5.75 Å². The van der Waals surface area contributed by atoms with Crippen LogP contribution in [-0.2, 0) is 13.0 Å². The van der Waals surface area contributed by atoms with Crippen LogP contribution in [0.1, 0.15) is 31.9 Å². The third kappa shape index (κ3) is 4.69. The van der Waals surface area contributed by atoms with Crippen LogP contribution in [0.15, 0.2) is 17.1 Å². The lowest BCUT2D eigenvalue weighted by Crippen LogP contribution is -2.33. The molecule has 116 valence electrons. The van der Waals surface area contributed by atoms with Crippen LogP contribution in [0.4, 0.5) is 0 Å². The summed E-state index contributed by atoms with van der Waals surface area (Å²) in [6.07, 6.45) is 6.40. The molecule has 0 atom stereocenters. The second-order valence-electron chi connectivity index (χ2n) is 4.92. The van der Waals surface area contributed by atoms with Crippen LogP contribution in [0.2, 0.25) is 0 Å². The molecule has 1 aliphatic rings. The van der Waals surface area contributed by atoms with Crippen molar-refractivity contribution in [3.05, 3.63) is 28.2 Å². The Morgan fingerprint density at radius 1 is 1.15 bits per heavy atom. The molecule has 20 heavy (non-hydrogen) atoms. The maximum Gasteiger partial charge on any atom is 0.223 e. The highest BCUT2D eigenvalue weighted by Gasteiger charge is 2.12. The normalized spacial score (nSPS) is 15.2. The summed E-state index contributed by atoms with van der Waals surface area (Å²) in [5.41, 5.74) is 0.473. The minimum absolute atomic E-state index is 0. The van der Waals surface area contributed by atoms with E-state index in [4.69, 9.17) is 0 Å². The monoisotopic (exact) mass is 322 g/mol. The fourth-order valence-electron chi connectivity index (χ4n) is 2.62. The van der Waals surface area contributed by atoms with Gasteiger partial charge in [0.1, 0.15) is 0 Å². The number of aromatic hydroxyl groups is 1. The van der Waals surface area contributed by atoms with Crippen LogP contribution in [0, 0.1) is 0 Å². The van der Waals surface area contributed by atoms with E-state index in [1.54, 1.807) is 6.20 Å². The average Bonchev–Trinajstić information content (AvgIpc) is 2.41. The molecule has 0 spiro atoms. The summed E-state index contributed by atoms with van der Waals surface area (Å²) in [4.78, 5) is 13.8. The van der Waals surface area contributed by atoms with E-state index in [2.05, 4.69) is 4.90 Å². The van der Waals surface area contributed by atoms with Gasteiger partial charge < -0.3 is 14.6 Å². The standard InChI is InChI=1S/C14H22N2O2.2ClH/c1-2-12-14(18)13(17)6-9-16(12)11-10-15-7-4-3-5-8-15;;/h6,9,18H,2-5,7-8,10-11H2,1H3;2*1H. The summed E-state index contributed by atoms with van der Waals surface area (Å²) >= 11 is 0. The van der Waals surface area contributed by atoms with E-state index in [0.717, 1.165) is 18.8 Å². The molecule has 1 aromatic rings. The van der Waals surface area contributed by atoms with Gasteiger partial charge in [0.15, 0.2) is 5.75 Å². The van der Waals surface area contributed by atoms with Gasteiger partial charge >= 0.3 is 0 Å². The third-order valence-electron chi connectivity index (χ3n) is 3.70. The zero-order chi connectivity index (χ0) is 13.0. The Morgan fingerprint density at radius 3 is 2.40 bits per heavy atom. The second kappa shape index (κ2) is 9.27. The molecule has 0 unspecified atom stereocenters. The van der Waals surface area contributed by atoms with Gasteiger partial charge in [-0.05, 0) is 32.4 Å². The number of hydrogen-bond acceptors (Lipinski definition) is 3. The highest BCUT2D eigenvalue weighted by atomic mass is 35.5. The summed E-state index contributed by atoms with van der Waals surface area (Å²) in [5.74, 6) is -0.0846. The summed E-state index contributed by atoms with van der Waals surface area (Å²) in [6, 6.07) is 1.45. The van der Waals surface area contributed by atoms with Crippen molar-refractivity contribution >= 4 is 24.8 Å². The van der Waals surface area contributed by atoms with E-state index in [-0.39, 0.29) is 36.0 Å². The minimum atomic E-state index is -0.277. The number of piperidine rings is 1. The van der Waals surface area contributed by atoms with Crippen LogP contribution < -0.4 is 5.43 Å². The van der Waals surface area contributed by atoms with Gasteiger partial charge in [-0.15, -0.1) is 24.8 Å². The molecule has 1 saturated heterocycles. The Kier molecular flexibility index (Phi) is 8.94. The molecule has 4 nitrogen and oxygen atoms in total. The van der Waals surface area contributed by atoms with Crippen LogP contribution in [0.3, 0.4) is 0 Å². The Hall–Kier alpha value is -0.710. The number of halogens is 2. The number of aromatic nitrogens is 1. The van der Waals surface area contributed by atoms with E-state index in [1.165, 1.54) is 38.4 Å². The lowest BCUT2D eigenvalue weighted by Gasteiger charge is -2.27. The predicted octanol–water partition coefficient (Wildman–Crippen LogP) is 2.45. The van der Waals surface area contributed by atoms with Crippen LogP contribution in [-0.4, -0.2) is 34.2 Å². The number of likely N-dealkylation sites (tertiary alicyclic amines) is 1. The molecular weight excluding hydrogens is 299 g/mol. The van der Waals surface area contributed by atoms with Crippen molar-refractivity contribution in [3.8, 4) is 5.75 Å². The molecule has 0 aliphatic carbocycles. The minimum Gasteiger partial charge on any atom is -0.503 e. The second-order valence-corrected chi connectivity index (χ2v) is 4.92. The van der Waals surface area contributed by atoms with Gasteiger partial charge in [-0.25, -0.2) is 0 Å². The molecule has 0 radical (unpaired) electrons. The summed E-state index contributed by atoms with van der Waals surface area (Å²) < 4.78 is 2.01. The first-order chi connectivity index (χ1) is 8.72. The van der Waals surface area contributed by atoms with Crippen molar-refractivity contribution in [2.45, 2.75) is 39.2 Å². The number of pyridine rings is 1. The first kappa shape index (κ1) is 19.3. The van der Waals surface area contributed by atoms with Gasteiger partial charge in [0.05, 0.1) is 5.69 Å². The topological polar surface area (TPSA) is 45.5 Å². The first-order valence-corrected chi connectivity index (χ1v) is 6.86. The molecule has 1 aliphatic heterocycles. The average molecular weight is 323 g/mol. The number of hydrogen-bond donors (Lipinski definition) is 1. The van der Waals surface area contributed by atoms with Gasteiger partial charge in [0.2, 0.25) is 5.43 Å². The van der Waals surface area contributed by atoms with Crippen molar-refractivity contribution in [2.24, 2.45) is 0 Å². The van der Waals surface area contributed by atoms with Gasteiger partial charge in [0.25, 0.3) is 0 Å². The Labute approximate surface area is 132 Å². The van der Waals surface area contributed by atoms with Crippen molar-refractivity contribution in [1.29, 1.82) is 0 Å². The summed E-state index contributed by atoms with van der Waals surface area (Å²) in [7, 11) is 0. The maximum atomic E-state index is 11.4. The Balaban J connectivity index is 0.00000180. The molecule has 0 amide bonds. The van der Waals surface area contributed by atoms with Gasteiger partial charge in [0, 0.05) is 25.4 Å². The predicted molar refractivity (Wildman–Crippen MR) is 86.5 cm³/mol. The van der Waals surface area contributed by atoms with E-state index < -0.39 is 0 Å². The number of rotatable bonds is 4. The smallest absolute Gasteiger partial charge is 0.223 e. The first-order valence-electron chi connectivity index (χ1n) is 6.86. The maximum absolute atomic E-state index is 11.4. The van der Waals surface area contributed by atoms with E-state index in [0.29, 0.717) is 6.42 Å². The Morgan fingerprint density at radius 2 is 1.80 bits per heavy atom. The van der Waals surface area contributed by atoms with Crippen LogP contribution >= 0.6 is 24.8 Å². The fourth-order valence-corrected chi connectivity index (χ4v) is 2.62. The molecule has 1 N–H and O–H groups in total. The van der Waals surface area contributed by atoms with Crippen molar-refractivity contribution < 1.29 is 5.11 Å². The van der Waals surface area contributed by atoms with Gasteiger partial charge in [-0.1, -0.05) is 13.3 Å². The van der Waals surface area contributed by atoms with Gasteiger partial charge in [-0.2, -0.15) is 0 Å². The largest absolute Gasteiger partial charge is 0.503 e. The van der Waals surface area contributed by atoms with Crippen molar-refractivity contribution in [2.75, 3.05) is 19.6 Å². The van der Waals surface area contributed by atoms with Crippen molar-refractivity contribution in [3.63, 3.8) is 0 Å². The molecule has 0 aromatic carbocycles. The lowest BCUT2D eigenvalue weighted by molar-refractivity contribution is 0.219. The highest BCUT2D eigenvalue weighted by Crippen LogP contribution is 2.13. The highest BCUT2D eigenvalue weighted by molar-refractivity contribution is 5.85. The molecule has 0 bridgehead atoms. The summed E-state index contributed by atoms with van der Waals surface area (Å²) in [6.45, 7) is 6.15. The lowest BCUT2D eigenvalue weighted by atomic mass is 10.1. The third-order valence-corrected chi connectivity index (χ3v) is 3.70. The molecule has 2 heterocycles. The fraction of sp³-hybridized carbons (Fsp3) is 0.643. The molecule has 2 rings (SSSR count). The molecule has 6 heteroatoms. The molecule has 1 aromatic heterocycles. The van der Waals surface area contributed by atoms with Crippen LogP contribution in [0.25, 0.3) is 0 Å². The van der Waals surface area contributed by atoms with E-state index in [1.807, 2.05) is 11.5 Å². The molecule has 0 saturated carbocycles. The zero-order valence-corrected chi connectivity index (χ0v) is 13.5. The number of nitrogens with zero attached hydrogens (tertiary/aromatic N) is 2. The zero-order valence-electron chi connectivity index (χ0n) is 11.9. The van der Waals surface area contributed by atoms with Gasteiger partial charge in [-0.3, -0.25) is 4.79 Å². The molecule has 1 fully saturated rings. The molecular formula is C14H24Cl2N2O2. The van der Waals surface area contributed by atoms with E-state index >= 15 is 0 Å². The van der Waals surface area contributed by atoms with E-state index in [9.17, 15) is 9.90 Å². The SMILES string of the molecule is CCc1c(O)c(=O)ccn1CCN1CCCCC1.Cl.Cl. The quantitative estimate of drug-likeness (QED) is 0.926. The summed E-state index contributed by atoms with van der Waals surface area (Å²) in [5, 5.41) is 9.77.